The maximum atomic E-state index is 12.8. The van der Waals surface area contributed by atoms with Gasteiger partial charge in [0, 0.05) is 0 Å². The topological polar surface area (TPSA) is 46.2 Å². The van der Waals surface area contributed by atoms with Crippen molar-refractivity contribution in [3.63, 3.8) is 0 Å². The van der Waals surface area contributed by atoms with Gasteiger partial charge in [-0.3, -0.25) is 0 Å². The van der Waals surface area contributed by atoms with Crippen LogP contribution in [0, 0.1) is 5.92 Å². The van der Waals surface area contributed by atoms with Gasteiger partial charge in [0.2, 0.25) is 10.0 Å². The van der Waals surface area contributed by atoms with Gasteiger partial charge in [-0.25, -0.2) is 13.1 Å². The van der Waals surface area contributed by atoms with E-state index in [-0.39, 0.29) is 5.75 Å². The summed E-state index contributed by atoms with van der Waals surface area (Å²) in [5.41, 5.74) is 0. The molecular weight excluding hydrogens is 255 g/mol. The molecule has 0 saturated heterocycles. The number of hydrogen-bond donors (Lipinski definition) is 1. The minimum atomic E-state index is -4.50. The molecule has 0 aliphatic heterocycles. The second kappa shape index (κ2) is 5.56. The van der Waals surface area contributed by atoms with E-state index in [9.17, 15) is 21.6 Å². The molecule has 0 heterocycles. The Labute approximate surface area is 99.8 Å². The number of hydrogen-bond acceptors (Lipinski definition) is 2. The molecule has 1 N–H and O–H groups in total. The highest BCUT2D eigenvalue weighted by atomic mass is 32.2. The van der Waals surface area contributed by atoms with Crippen molar-refractivity contribution in [2.75, 3.05) is 5.75 Å². The molecular formula is C10H18F3NO2S. The second-order valence-electron chi connectivity index (χ2n) is 4.50. The number of halogens is 3. The average molecular weight is 273 g/mol. The molecule has 102 valence electrons. The summed E-state index contributed by atoms with van der Waals surface area (Å²) in [5, 5.41) is 0. The van der Waals surface area contributed by atoms with Crippen LogP contribution < -0.4 is 4.72 Å². The summed E-state index contributed by atoms with van der Waals surface area (Å²) in [4.78, 5) is 0. The van der Waals surface area contributed by atoms with Gasteiger partial charge in [0.05, 0.1) is 5.75 Å². The summed E-state index contributed by atoms with van der Waals surface area (Å²) >= 11 is 0. The van der Waals surface area contributed by atoms with E-state index in [0.717, 1.165) is 12.8 Å². The Kier molecular flexibility index (Phi) is 4.83. The lowest BCUT2D eigenvalue weighted by Gasteiger charge is -2.26. The maximum Gasteiger partial charge on any atom is 0.405 e. The van der Waals surface area contributed by atoms with Gasteiger partial charge in [0.1, 0.15) is 6.04 Å². The van der Waals surface area contributed by atoms with E-state index >= 15 is 0 Å². The van der Waals surface area contributed by atoms with Gasteiger partial charge in [-0.1, -0.05) is 19.8 Å². The zero-order valence-electron chi connectivity index (χ0n) is 9.76. The molecule has 7 heteroatoms. The first-order valence-electron chi connectivity index (χ1n) is 5.83. The van der Waals surface area contributed by atoms with Gasteiger partial charge >= 0.3 is 6.18 Å². The fraction of sp³-hybridized carbons (Fsp3) is 1.00. The van der Waals surface area contributed by atoms with Gasteiger partial charge < -0.3 is 0 Å². The molecule has 0 aromatic carbocycles. The summed E-state index contributed by atoms with van der Waals surface area (Å²) < 4.78 is 63.1. The van der Waals surface area contributed by atoms with Gasteiger partial charge in [0.15, 0.2) is 0 Å². The molecule has 1 rings (SSSR count). The van der Waals surface area contributed by atoms with E-state index in [2.05, 4.69) is 0 Å². The standard InChI is InChI=1S/C10H18F3NO2S/c1-2-7-17(15,16)14-9(10(11,12)13)8-5-3-4-6-8/h8-9,14H,2-7H2,1H3. The summed E-state index contributed by atoms with van der Waals surface area (Å²) in [6.07, 6.45) is -1.82. The Bertz CT molecular complexity index is 334. The number of nitrogens with one attached hydrogen (secondary N) is 1. The van der Waals surface area contributed by atoms with Crippen molar-refractivity contribution in [1.82, 2.24) is 4.72 Å². The van der Waals surface area contributed by atoms with Crippen molar-refractivity contribution in [3.8, 4) is 0 Å². The van der Waals surface area contributed by atoms with E-state index in [0.29, 0.717) is 19.3 Å². The molecule has 3 nitrogen and oxygen atoms in total. The summed E-state index contributed by atoms with van der Waals surface area (Å²) in [5.74, 6) is -0.867. The van der Waals surface area contributed by atoms with E-state index < -0.39 is 28.2 Å². The molecule has 1 fully saturated rings. The van der Waals surface area contributed by atoms with Gasteiger partial charge in [-0.05, 0) is 25.2 Å². The van der Waals surface area contributed by atoms with Crippen LogP contribution in [0.2, 0.25) is 0 Å². The highest BCUT2D eigenvalue weighted by Gasteiger charge is 2.47. The lowest BCUT2D eigenvalue weighted by Crippen LogP contribution is -2.50. The molecule has 0 radical (unpaired) electrons. The Morgan fingerprint density at radius 2 is 1.82 bits per heavy atom. The number of alkyl halides is 3. The normalized spacial score (nSPS) is 20.7. The predicted molar refractivity (Wildman–Crippen MR) is 59.0 cm³/mol. The zero-order chi connectivity index (χ0) is 13.1. The Hall–Kier alpha value is -0.300. The second-order valence-corrected chi connectivity index (χ2v) is 6.37. The summed E-state index contributed by atoms with van der Waals surface area (Å²) in [6.45, 7) is 1.62. The SMILES string of the molecule is CCCS(=O)(=O)NC(C1CCCC1)C(F)(F)F. The van der Waals surface area contributed by atoms with Crippen LogP contribution in [-0.2, 0) is 10.0 Å². The molecule has 1 unspecified atom stereocenters. The van der Waals surface area contributed by atoms with Crippen LogP contribution in [0.5, 0.6) is 0 Å². The highest BCUT2D eigenvalue weighted by Crippen LogP contribution is 2.36. The Morgan fingerprint density at radius 1 is 1.29 bits per heavy atom. The number of rotatable bonds is 5. The minimum absolute atomic E-state index is 0.258. The number of sulfonamides is 1. The monoisotopic (exact) mass is 273 g/mol. The Balaban J connectivity index is 2.77. The highest BCUT2D eigenvalue weighted by molar-refractivity contribution is 7.89. The van der Waals surface area contributed by atoms with Crippen molar-refractivity contribution in [1.29, 1.82) is 0 Å². The van der Waals surface area contributed by atoms with Crippen LogP contribution >= 0.6 is 0 Å². The molecule has 0 spiro atoms. The van der Waals surface area contributed by atoms with Crippen LogP contribution in [0.4, 0.5) is 13.2 Å². The zero-order valence-corrected chi connectivity index (χ0v) is 10.6. The first-order chi connectivity index (χ1) is 7.76. The van der Waals surface area contributed by atoms with Crippen LogP contribution in [0.3, 0.4) is 0 Å². The van der Waals surface area contributed by atoms with Crippen molar-refractivity contribution in [2.24, 2.45) is 5.92 Å². The van der Waals surface area contributed by atoms with E-state index in [1.165, 1.54) is 0 Å². The largest absolute Gasteiger partial charge is 0.405 e. The van der Waals surface area contributed by atoms with Crippen molar-refractivity contribution in [2.45, 2.75) is 51.2 Å². The van der Waals surface area contributed by atoms with E-state index in [1.54, 1.807) is 6.92 Å². The molecule has 0 bridgehead atoms. The molecule has 1 atom stereocenters. The fourth-order valence-corrected chi connectivity index (χ4v) is 3.61. The molecule has 1 saturated carbocycles. The van der Waals surface area contributed by atoms with Gasteiger partial charge in [0.25, 0.3) is 0 Å². The van der Waals surface area contributed by atoms with Crippen molar-refractivity contribution in [3.05, 3.63) is 0 Å². The third-order valence-corrected chi connectivity index (χ3v) is 4.56. The first kappa shape index (κ1) is 14.8. The van der Waals surface area contributed by atoms with E-state index in [1.807, 2.05) is 4.72 Å². The van der Waals surface area contributed by atoms with Gasteiger partial charge in [-0.15, -0.1) is 0 Å². The van der Waals surface area contributed by atoms with Crippen molar-refractivity contribution < 1.29 is 21.6 Å². The molecule has 0 aromatic heterocycles. The van der Waals surface area contributed by atoms with Crippen LogP contribution in [-0.4, -0.2) is 26.4 Å². The van der Waals surface area contributed by atoms with Crippen LogP contribution in [0.1, 0.15) is 39.0 Å². The average Bonchev–Trinajstić information content (AvgIpc) is 2.64. The Morgan fingerprint density at radius 3 is 2.24 bits per heavy atom. The first-order valence-corrected chi connectivity index (χ1v) is 7.48. The van der Waals surface area contributed by atoms with Crippen LogP contribution in [0.25, 0.3) is 0 Å². The van der Waals surface area contributed by atoms with Crippen molar-refractivity contribution >= 4 is 10.0 Å². The summed E-state index contributed by atoms with van der Waals surface area (Å²) in [6, 6.07) is -1.92. The molecule has 0 amide bonds. The third-order valence-electron chi connectivity index (χ3n) is 3.00. The molecule has 17 heavy (non-hydrogen) atoms. The molecule has 1 aliphatic rings. The quantitative estimate of drug-likeness (QED) is 0.836. The minimum Gasteiger partial charge on any atom is -0.212 e. The lowest BCUT2D eigenvalue weighted by atomic mass is 9.99. The molecule has 0 aromatic rings. The smallest absolute Gasteiger partial charge is 0.212 e. The van der Waals surface area contributed by atoms with E-state index in [4.69, 9.17) is 0 Å². The van der Waals surface area contributed by atoms with Gasteiger partial charge in [-0.2, -0.15) is 13.2 Å². The van der Waals surface area contributed by atoms with Crippen LogP contribution in [0.15, 0.2) is 0 Å². The summed E-state index contributed by atoms with van der Waals surface area (Å²) in [7, 11) is -3.82. The third kappa shape index (κ3) is 4.46. The fourth-order valence-electron chi connectivity index (χ4n) is 2.24. The molecule has 1 aliphatic carbocycles. The lowest BCUT2D eigenvalue weighted by molar-refractivity contribution is -0.162. The maximum absolute atomic E-state index is 12.8. The predicted octanol–water partition coefficient (Wildman–Crippen LogP) is 2.44.